The average molecular weight is 449 g/mol. The standard InChI is InChI=1S/C23H20N4O2S2/c1-15(28)26-11-9-18-19(13-26)31-21-20(18)22(29)27(17-7-3-2-4-8-17)23(25-21)30-14-16-6-5-10-24-12-16/h2-8,10,12H,9,11,13-14H2,1H3. The molecule has 5 rings (SSSR count). The highest BCUT2D eigenvalue weighted by Crippen LogP contribution is 2.34. The van der Waals surface area contributed by atoms with Crippen molar-refractivity contribution in [1.29, 1.82) is 0 Å². The smallest absolute Gasteiger partial charge is 0.267 e. The van der Waals surface area contributed by atoms with E-state index in [2.05, 4.69) is 4.98 Å². The number of amides is 1. The van der Waals surface area contributed by atoms with Crippen molar-refractivity contribution in [3.05, 3.63) is 81.2 Å². The van der Waals surface area contributed by atoms with Crippen molar-refractivity contribution in [2.24, 2.45) is 0 Å². The van der Waals surface area contributed by atoms with Gasteiger partial charge in [-0.15, -0.1) is 11.3 Å². The number of rotatable bonds is 4. The van der Waals surface area contributed by atoms with Gasteiger partial charge in [-0.1, -0.05) is 36.0 Å². The lowest BCUT2D eigenvalue weighted by Gasteiger charge is -2.25. The predicted molar refractivity (Wildman–Crippen MR) is 124 cm³/mol. The molecule has 0 N–H and O–H groups in total. The second-order valence-electron chi connectivity index (χ2n) is 7.39. The summed E-state index contributed by atoms with van der Waals surface area (Å²) in [6.45, 7) is 2.78. The van der Waals surface area contributed by atoms with Crippen molar-refractivity contribution in [2.45, 2.75) is 30.8 Å². The Morgan fingerprint density at radius 2 is 2.03 bits per heavy atom. The Balaban J connectivity index is 1.64. The molecule has 4 aromatic rings. The van der Waals surface area contributed by atoms with Crippen molar-refractivity contribution in [1.82, 2.24) is 19.4 Å². The lowest BCUT2D eigenvalue weighted by molar-refractivity contribution is -0.129. The van der Waals surface area contributed by atoms with E-state index in [1.807, 2.05) is 53.6 Å². The zero-order chi connectivity index (χ0) is 21.4. The van der Waals surface area contributed by atoms with E-state index in [9.17, 15) is 9.59 Å². The third kappa shape index (κ3) is 3.77. The summed E-state index contributed by atoms with van der Waals surface area (Å²) in [7, 11) is 0. The normalized spacial score (nSPS) is 13.4. The number of carbonyl (C=O) groups excluding carboxylic acids is 1. The quantitative estimate of drug-likeness (QED) is 0.348. The third-order valence-electron chi connectivity index (χ3n) is 5.39. The summed E-state index contributed by atoms with van der Waals surface area (Å²) in [4.78, 5) is 38.3. The molecule has 0 saturated heterocycles. The molecule has 0 radical (unpaired) electrons. The van der Waals surface area contributed by atoms with E-state index >= 15 is 0 Å². The molecule has 0 saturated carbocycles. The van der Waals surface area contributed by atoms with Crippen molar-refractivity contribution < 1.29 is 4.79 Å². The number of para-hydroxylation sites is 1. The summed E-state index contributed by atoms with van der Waals surface area (Å²) in [5, 5.41) is 1.35. The molecule has 0 atom stereocenters. The highest BCUT2D eigenvalue weighted by Gasteiger charge is 2.26. The average Bonchev–Trinajstić information content (AvgIpc) is 3.16. The third-order valence-corrected chi connectivity index (χ3v) is 7.51. The molecule has 3 aromatic heterocycles. The number of thioether (sulfide) groups is 1. The minimum absolute atomic E-state index is 0.0429. The fourth-order valence-corrected chi connectivity index (χ4v) is 6.05. The first kappa shape index (κ1) is 20.0. The van der Waals surface area contributed by atoms with E-state index in [0.29, 0.717) is 35.8 Å². The highest BCUT2D eigenvalue weighted by atomic mass is 32.2. The molecule has 1 amide bonds. The fraction of sp³-hybridized carbons (Fsp3) is 0.217. The SMILES string of the molecule is CC(=O)N1CCc2c(sc3nc(SCc4cccnc4)n(-c4ccccc4)c(=O)c23)C1. The van der Waals surface area contributed by atoms with Gasteiger partial charge in [0.2, 0.25) is 5.91 Å². The first-order valence-electron chi connectivity index (χ1n) is 10.0. The summed E-state index contributed by atoms with van der Waals surface area (Å²) in [5.74, 6) is 0.729. The van der Waals surface area contributed by atoms with Crippen LogP contribution in [0.15, 0.2) is 64.8 Å². The molecule has 1 aliphatic heterocycles. The van der Waals surface area contributed by atoms with Gasteiger partial charge in [0, 0.05) is 36.5 Å². The van der Waals surface area contributed by atoms with E-state index in [4.69, 9.17) is 4.98 Å². The molecular weight excluding hydrogens is 428 g/mol. The Hall–Kier alpha value is -2.97. The maximum absolute atomic E-state index is 13.7. The van der Waals surface area contributed by atoms with E-state index in [-0.39, 0.29) is 11.5 Å². The molecule has 1 aromatic carbocycles. The van der Waals surface area contributed by atoms with Crippen LogP contribution in [0.2, 0.25) is 0 Å². The number of hydrogen-bond donors (Lipinski definition) is 0. The summed E-state index contributed by atoms with van der Waals surface area (Å²) in [5.41, 5.74) is 2.88. The second kappa shape index (κ2) is 8.28. The number of nitrogens with zero attached hydrogens (tertiary/aromatic N) is 4. The number of hydrogen-bond acceptors (Lipinski definition) is 6. The van der Waals surface area contributed by atoms with Gasteiger partial charge in [0.15, 0.2) is 5.16 Å². The van der Waals surface area contributed by atoms with Crippen LogP contribution in [-0.2, 0) is 23.5 Å². The van der Waals surface area contributed by atoms with Gasteiger partial charge in [-0.2, -0.15) is 0 Å². The van der Waals surface area contributed by atoms with Crippen molar-refractivity contribution in [3.63, 3.8) is 0 Å². The zero-order valence-electron chi connectivity index (χ0n) is 16.9. The minimum atomic E-state index is -0.0429. The van der Waals surface area contributed by atoms with Gasteiger partial charge in [0.05, 0.1) is 17.6 Å². The van der Waals surface area contributed by atoms with Crippen LogP contribution < -0.4 is 5.56 Å². The summed E-state index contributed by atoms with van der Waals surface area (Å²) in [6, 6.07) is 13.6. The number of fused-ring (bicyclic) bond motifs is 3. The van der Waals surface area contributed by atoms with E-state index in [1.165, 1.54) is 23.1 Å². The Labute approximate surface area is 187 Å². The largest absolute Gasteiger partial charge is 0.337 e. The first-order chi connectivity index (χ1) is 15.1. The maximum atomic E-state index is 13.7. The number of pyridine rings is 1. The molecule has 0 aliphatic carbocycles. The Kier molecular flexibility index (Phi) is 5.33. The van der Waals surface area contributed by atoms with Crippen LogP contribution in [0, 0.1) is 0 Å². The van der Waals surface area contributed by atoms with Crippen LogP contribution in [-0.4, -0.2) is 31.9 Å². The highest BCUT2D eigenvalue weighted by molar-refractivity contribution is 7.98. The number of thiophene rings is 1. The van der Waals surface area contributed by atoms with Crippen molar-refractivity contribution >= 4 is 39.2 Å². The second-order valence-corrected chi connectivity index (χ2v) is 9.42. The minimum Gasteiger partial charge on any atom is -0.337 e. The van der Waals surface area contributed by atoms with Gasteiger partial charge in [0.1, 0.15) is 4.83 Å². The molecule has 0 spiro atoms. The number of aromatic nitrogens is 3. The molecule has 0 bridgehead atoms. The molecule has 156 valence electrons. The first-order valence-corrected chi connectivity index (χ1v) is 11.8. The number of carbonyl (C=O) groups is 1. The van der Waals surface area contributed by atoms with Gasteiger partial charge < -0.3 is 4.90 Å². The molecule has 1 aliphatic rings. The van der Waals surface area contributed by atoms with Gasteiger partial charge in [-0.3, -0.25) is 19.1 Å². The monoisotopic (exact) mass is 448 g/mol. The summed E-state index contributed by atoms with van der Waals surface area (Å²) < 4.78 is 1.72. The lowest BCUT2D eigenvalue weighted by atomic mass is 10.1. The Morgan fingerprint density at radius 3 is 2.77 bits per heavy atom. The molecule has 6 nitrogen and oxygen atoms in total. The lowest BCUT2D eigenvalue weighted by Crippen LogP contribution is -2.34. The topological polar surface area (TPSA) is 68.1 Å². The van der Waals surface area contributed by atoms with Gasteiger partial charge in [-0.05, 0) is 35.7 Å². The Bertz CT molecular complexity index is 1320. The zero-order valence-corrected chi connectivity index (χ0v) is 18.6. The van der Waals surface area contributed by atoms with Gasteiger partial charge in [0.25, 0.3) is 5.56 Å². The van der Waals surface area contributed by atoms with Crippen LogP contribution >= 0.6 is 23.1 Å². The van der Waals surface area contributed by atoms with E-state index in [1.54, 1.807) is 17.7 Å². The molecule has 8 heteroatoms. The molecule has 0 unspecified atom stereocenters. The predicted octanol–water partition coefficient (Wildman–Crippen LogP) is 4.04. The van der Waals surface area contributed by atoms with Crippen LogP contribution in [0.4, 0.5) is 0 Å². The van der Waals surface area contributed by atoms with Crippen LogP contribution in [0.5, 0.6) is 0 Å². The van der Waals surface area contributed by atoms with Crippen LogP contribution in [0.1, 0.15) is 22.9 Å². The van der Waals surface area contributed by atoms with E-state index < -0.39 is 0 Å². The van der Waals surface area contributed by atoms with Crippen molar-refractivity contribution in [2.75, 3.05) is 6.54 Å². The Morgan fingerprint density at radius 1 is 1.19 bits per heavy atom. The molecule has 31 heavy (non-hydrogen) atoms. The maximum Gasteiger partial charge on any atom is 0.267 e. The summed E-state index contributed by atoms with van der Waals surface area (Å²) in [6.07, 6.45) is 4.26. The van der Waals surface area contributed by atoms with E-state index in [0.717, 1.165) is 26.5 Å². The summed E-state index contributed by atoms with van der Waals surface area (Å²) >= 11 is 3.06. The van der Waals surface area contributed by atoms with Crippen LogP contribution in [0.25, 0.3) is 15.9 Å². The van der Waals surface area contributed by atoms with Gasteiger partial charge in [-0.25, -0.2) is 4.98 Å². The molecule has 0 fully saturated rings. The van der Waals surface area contributed by atoms with Crippen LogP contribution in [0.3, 0.4) is 0 Å². The van der Waals surface area contributed by atoms with Crippen molar-refractivity contribution in [3.8, 4) is 5.69 Å². The van der Waals surface area contributed by atoms with Gasteiger partial charge >= 0.3 is 0 Å². The number of benzene rings is 1. The molecule has 4 heterocycles. The molecular formula is C23H20N4O2S2. The fourth-order valence-electron chi connectivity index (χ4n) is 3.83.